The van der Waals surface area contributed by atoms with E-state index < -0.39 is 0 Å². The molecular formula is C20H27N5O4S. The third-order valence-corrected chi connectivity index (χ3v) is 5.92. The number of ether oxygens (including phenoxy) is 2. The minimum atomic E-state index is -0.284. The van der Waals surface area contributed by atoms with E-state index in [0.29, 0.717) is 24.9 Å². The highest BCUT2D eigenvalue weighted by Crippen LogP contribution is 2.24. The number of carbonyl (C=O) groups excluding carboxylic acids is 2. The Morgan fingerprint density at radius 1 is 1.20 bits per heavy atom. The van der Waals surface area contributed by atoms with Gasteiger partial charge in [-0.2, -0.15) is 0 Å². The number of hydrogen-bond donors (Lipinski definition) is 1. The number of methoxy groups -OCH3 is 1. The van der Waals surface area contributed by atoms with Gasteiger partial charge in [0.25, 0.3) is 0 Å². The lowest BCUT2D eigenvalue weighted by atomic mass is 10.1. The van der Waals surface area contributed by atoms with Gasteiger partial charge in [0.15, 0.2) is 11.0 Å². The molecule has 0 saturated carbocycles. The van der Waals surface area contributed by atoms with Gasteiger partial charge in [-0.05, 0) is 44.0 Å². The molecular weight excluding hydrogens is 406 g/mol. The Morgan fingerprint density at radius 3 is 2.53 bits per heavy atom. The quantitative estimate of drug-likeness (QED) is 0.669. The first-order chi connectivity index (χ1) is 14.5. The summed E-state index contributed by atoms with van der Waals surface area (Å²) < 4.78 is 12.1. The predicted molar refractivity (Wildman–Crippen MR) is 113 cm³/mol. The van der Waals surface area contributed by atoms with Crippen LogP contribution in [0, 0.1) is 0 Å². The summed E-state index contributed by atoms with van der Waals surface area (Å²) in [4.78, 5) is 25.8. The van der Waals surface area contributed by atoms with Gasteiger partial charge in [0.2, 0.25) is 5.91 Å². The van der Waals surface area contributed by atoms with Crippen LogP contribution in [-0.2, 0) is 16.6 Å². The molecule has 0 unspecified atom stereocenters. The number of nitrogens with zero attached hydrogens (tertiary/aromatic N) is 4. The van der Waals surface area contributed by atoms with Gasteiger partial charge in [-0.15, -0.1) is 10.2 Å². The smallest absolute Gasteiger partial charge is 0.409 e. The van der Waals surface area contributed by atoms with Gasteiger partial charge in [-0.1, -0.05) is 11.8 Å². The Kier molecular flexibility index (Phi) is 7.56. The third kappa shape index (κ3) is 5.44. The molecule has 0 radical (unpaired) electrons. The Labute approximate surface area is 180 Å². The van der Waals surface area contributed by atoms with E-state index in [1.54, 1.807) is 18.9 Å². The highest BCUT2D eigenvalue weighted by atomic mass is 32.2. The second-order valence-corrected chi connectivity index (χ2v) is 7.85. The van der Waals surface area contributed by atoms with Crippen molar-refractivity contribution < 1.29 is 19.1 Å². The second kappa shape index (κ2) is 10.3. The van der Waals surface area contributed by atoms with Crippen molar-refractivity contribution in [3.63, 3.8) is 0 Å². The molecule has 1 aliphatic heterocycles. The first kappa shape index (κ1) is 21.9. The van der Waals surface area contributed by atoms with Crippen LogP contribution >= 0.6 is 11.8 Å². The minimum absolute atomic E-state index is 0.0522. The lowest BCUT2D eigenvalue weighted by Crippen LogP contribution is -2.47. The van der Waals surface area contributed by atoms with Crippen LogP contribution in [0.4, 0.5) is 4.79 Å². The fourth-order valence-corrected chi connectivity index (χ4v) is 3.97. The van der Waals surface area contributed by atoms with Crippen molar-refractivity contribution in [3.05, 3.63) is 24.3 Å². The van der Waals surface area contributed by atoms with Crippen molar-refractivity contribution in [3.8, 4) is 17.1 Å². The lowest BCUT2D eigenvalue weighted by molar-refractivity contribution is -0.119. The molecule has 2 aromatic rings. The minimum Gasteiger partial charge on any atom is -0.497 e. The summed E-state index contributed by atoms with van der Waals surface area (Å²) >= 11 is 1.35. The van der Waals surface area contributed by atoms with Crippen molar-refractivity contribution in [2.45, 2.75) is 31.0 Å². The molecule has 1 aliphatic rings. The molecule has 2 heterocycles. The topological polar surface area (TPSA) is 98.6 Å². The molecule has 0 bridgehead atoms. The van der Waals surface area contributed by atoms with Crippen molar-refractivity contribution in [2.75, 3.05) is 32.6 Å². The summed E-state index contributed by atoms with van der Waals surface area (Å²) in [5, 5.41) is 12.2. The molecule has 2 amide bonds. The number of rotatable bonds is 7. The number of piperidine rings is 1. The van der Waals surface area contributed by atoms with Gasteiger partial charge >= 0.3 is 6.09 Å². The molecule has 3 rings (SSSR count). The molecule has 1 N–H and O–H groups in total. The summed E-state index contributed by atoms with van der Waals surface area (Å²) in [7, 11) is 3.51. The molecule has 10 heteroatoms. The number of benzene rings is 1. The van der Waals surface area contributed by atoms with Crippen LogP contribution < -0.4 is 10.1 Å². The largest absolute Gasteiger partial charge is 0.497 e. The maximum atomic E-state index is 12.4. The number of hydrogen-bond acceptors (Lipinski definition) is 7. The van der Waals surface area contributed by atoms with E-state index in [4.69, 9.17) is 9.47 Å². The van der Waals surface area contributed by atoms with E-state index >= 15 is 0 Å². The van der Waals surface area contributed by atoms with E-state index in [1.165, 1.54) is 11.8 Å². The van der Waals surface area contributed by atoms with E-state index in [9.17, 15) is 9.59 Å². The number of amides is 2. The van der Waals surface area contributed by atoms with E-state index in [-0.39, 0.29) is 23.8 Å². The lowest BCUT2D eigenvalue weighted by Gasteiger charge is -2.31. The Bertz CT molecular complexity index is 863. The SMILES string of the molecule is CCOC(=O)N1CCC(NC(=O)CSc2nnc(-c3ccc(OC)cc3)n2C)CC1. The van der Waals surface area contributed by atoms with Crippen LogP contribution in [-0.4, -0.2) is 70.3 Å². The number of likely N-dealkylation sites (tertiary alicyclic amines) is 1. The van der Waals surface area contributed by atoms with Crippen LogP contribution in [0.3, 0.4) is 0 Å². The fraction of sp³-hybridized carbons (Fsp3) is 0.500. The zero-order chi connectivity index (χ0) is 21.5. The molecule has 0 spiro atoms. The summed E-state index contributed by atoms with van der Waals surface area (Å²) in [6.45, 7) is 3.34. The van der Waals surface area contributed by atoms with E-state index in [0.717, 1.165) is 30.0 Å². The Morgan fingerprint density at radius 2 is 1.90 bits per heavy atom. The maximum Gasteiger partial charge on any atom is 0.409 e. The van der Waals surface area contributed by atoms with Gasteiger partial charge in [0.1, 0.15) is 5.75 Å². The summed E-state index contributed by atoms with van der Waals surface area (Å²) in [6, 6.07) is 7.66. The number of nitrogens with one attached hydrogen (secondary N) is 1. The second-order valence-electron chi connectivity index (χ2n) is 6.91. The average molecular weight is 434 g/mol. The van der Waals surface area contributed by atoms with Crippen molar-refractivity contribution in [2.24, 2.45) is 7.05 Å². The highest BCUT2D eigenvalue weighted by molar-refractivity contribution is 7.99. The van der Waals surface area contributed by atoms with E-state index in [2.05, 4.69) is 15.5 Å². The molecule has 0 atom stereocenters. The molecule has 1 aromatic carbocycles. The first-order valence-electron chi connectivity index (χ1n) is 9.89. The van der Waals surface area contributed by atoms with Crippen LogP contribution in [0.15, 0.2) is 29.4 Å². The predicted octanol–water partition coefficient (Wildman–Crippen LogP) is 2.32. The van der Waals surface area contributed by atoms with Gasteiger partial charge in [0.05, 0.1) is 19.5 Å². The Balaban J connectivity index is 1.47. The van der Waals surface area contributed by atoms with E-state index in [1.807, 2.05) is 35.9 Å². The molecule has 30 heavy (non-hydrogen) atoms. The monoisotopic (exact) mass is 433 g/mol. The summed E-state index contributed by atoms with van der Waals surface area (Å²) in [5.74, 6) is 1.71. The molecule has 1 fully saturated rings. The molecule has 0 aliphatic carbocycles. The fourth-order valence-electron chi connectivity index (χ4n) is 3.25. The molecule has 1 aromatic heterocycles. The number of aromatic nitrogens is 3. The van der Waals surface area contributed by atoms with Crippen LogP contribution in [0.2, 0.25) is 0 Å². The van der Waals surface area contributed by atoms with Gasteiger partial charge in [0, 0.05) is 31.7 Å². The van der Waals surface area contributed by atoms with Gasteiger partial charge < -0.3 is 24.3 Å². The number of thioether (sulfide) groups is 1. The summed E-state index contributed by atoms with van der Waals surface area (Å²) in [5.41, 5.74) is 0.926. The normalized spacial score (nSPS) is 14.4. The van der Waals surface area contributed by atoms with Gasteiger partial charge in [-0.3, -0.25) is 4.79 Å². The maximum absolute atomic E-state index is 12.4. The highest BCUT2D eigenvalue weighted by Gasteiger charge is 2.24. The van der Waals surface area contributed by atoms with Crippen LogP contribution in [0.25, 0.3) is 11.4 Å². The van der Waals surface area contributed by atoms with Crippen molar-refractivity contribution >= 4 is 23.8 Å². The van der Waals surface area contributed by atoms with Crippen LogP contribution in [0.5, 0.6) is 5.75 Å². The molecule has 1 saturated heterocycles. The Hall–Kier alpha value is -2.75. The van der Waals surface area contributed by atoms with Crippen molar-refractivity contribution in [1.82, 2.24) is 25.0 Å². The zero-order valence-electron chi connectivity index (χ0n) is 17.5. The van der Waals surface area contributed by atoms with Crippen LogP contribution in [0.1, 0.15) is 19.8 Å². The van der Waals surface area contributed by atoms with Gasteiger partial charge in [-0.25, -0.2) is 4.79 Å². The number of carbonyl (C=O) groups is 2. The first-order valence-corrected chi connectivity index (χ1v) is 10.9. The standard InChI is InChI=1S/C20H27N5O4S/c1-4-29-20(27)25-11-9-15(10-12-25)21-17(26)13-30-19-23-22-18(24(19)2)14-5-7-16(28-3)8-6-14/h5-8,15H,4,9-13H2,1-3H3,(H,21,26). The third-order valence-electron chi connectivity index (χ3n) is 4.90. The zero-order valence-corrected chi connectivity index (χ0v) is 18.3. The summed E-state index contributed by atoms with van der Waals surface area (Å²) in [6.07, 6.45) is 1.16. The van der Waals surface area contributed by atoms with Crippen molar-refractivity contribution in [1.29, 1.82) is 0 Å². The molecule has 9 nitrogen and oxygen atoms in total. The molecule has 162 valence electrons. The average Bonchev–Trinajstić information content (AvgIpc) is 3.13.